The van der Waals surface area contributed by atoms with Crippen LogP contribution in [0, 0.1) is 0 Å². The Bertz CT molecular complexity index is 858. The van der Waals surface area contributed by atoms with Crippen molar-refractivity contribution in [3.05, 3.63) is 59.7 Å². The Kier molecular flexibility index (Phi) is 6.85. The van der Waals surface area contributed by atoms with E-state index < -0.39 is 10.1 Å². The summed E-state index contributed by atoms with van der Waals surface area (Å²) in [7, 11) is -1.97. The first-order valence-electron chi connectivity index (χ1n) is 8.72. The van der Waals surface area contributed by atoms with E-state index in [1.807, 2.05) is 13.8 Å². The van der Waals surface area contributed by atoms with Crippen LogP contribution in [0.5, 0.6) is 11.5 Å². The molecule has 0 spiro atoms. The SMILES string of the molecule is CCS(=O)(=O)Oc1ccc(CN(C(=O)c2ccc(OC)cc2)C(C)C)cc1. The summed E-state index contributed by atoms with van der Waals surface area (Å²) in [6.45, 7) is 5.83. The van der Waals surface area contributed by atoms with E-state index in [0.717, 1.165) is 5.56 Å². The number of nitrogens with zero attached hydrogens (tertiary/aromatic N) is 1. The van der Waals surface area contributed by atoms with Gasteiger partial charge in [-0.1, -0.05) is 12.1 Å². The van der Waals surface area contributed by atoms with Gasteiger partial charge in [0.2, 0.25) is 0 Å². The van der Waals surface area contributed by atoms with E-state index in [4.69, 9.17) is 8.92 Å². The molecule has 0 aromatic heterocycles. The third kappa shape index (κ3) is 5.72. The van der Waals surface area contributed by atoms with Crippen molar-refractivity contribution < 1.29 is 22.1 Å². The maximum absolute atomic E-state index is 12.9. The monoisotopic (exact) mass is 391 g/mol. The first kappa shape index (κ1) is 20.8. The Morgan fingerprint density at radius 1 is 1.00 bits per heavy atom. The largest absolute Gasteiger partial charge is 0.497 e. The molecule has 0 atom stereocenters. The Labute approximate surface area is 160 Å². The average molecular weight is 391 g/mol. The van der Waals surface area contributed by atoms with Gasteiger partial charge in [0.25, 0.3) is 5.91 Å². The molecule has 0 N–H and O–H groups in total. The minimum Gasteiger partial charge on any atom is -0.497 e. The number of ether oxygens (including phenoxy) is 1. The third-order valence-corrected chi connectivity index (χ3v) is 5.23. The molecule has 27 heavy (non-hydrogen) atoms. The molecule has 2 rings (SSSR count). The van der Waals surface area contributed by atoms with Crippen LogP contribution in [-0.4, -0.2) is 38.1 Å². The predicted octanol–water partition coefficient (Wildman–Crippen LogP) is 3.47. The lowest BCUT2D eigenvalue weighted by molar-refractivity contribution is 0.0690. The molecule has 0 aliphatic rings. The molecular weight excluding hydrogens is 366 g/mol. The molecule has 7 heteroatoms. The van der Waals surface area contributed by atoms with E-state index in [1.165, 1.54) is 6.92 Å². The maximum Gasteiger partial charge on any atom is 0.308 e. The highest BCUT2D eigenvalue weighted by Crippen LogP contribution is 2.19. The van der Waals surface area contributed by atoms with Gasteiger partial charge in [-0.05, 0) is 62.7 Å². The van der Waals surface area contributed by atoms with Gasteiger partial charge in [0, 0.05) is 18.2 Å². The van der Waals surface area contributed by atoms with Crippen molar-refractivity contribution in [2.24, 2.45) is 0 Å². The lowest BCUT2D eigenvalue weighted by Crippen LogP contribution is -2.36. The summed E-state index contributed by atoms with van der Waals surface area (Å²) in [5.41, 5.74) is 1.46. The molecule has 146 valence electrons. The summed E-state index contributed by atoms with van der Waals surface area (Å²) < 4.78 is 33.2. The molecule has 0 radical (unpaired) electrons. The molecule has 0 fully saturated rings. The van der Waals surface area contributed by atoms with Gasteiger partial charge >= 0.3 is 10.1 Å². The average Bonchev–Trinajstić information content (AvgIpc) is 2.66. The van der Waals surface area contributed by atoms with Crippen LogP contribution >= 0.6 is 0 Å². The fraction of sp³-hybridized carbons (Fsp3) is 0.350. The van der Waals surface area contributed by atoms with Crippen LogP contribution in [0.15, 0.2) is 48.5 Å². The Morgan fingerprint density at radius 2 is 1.56 bits per heavy atom. The standard InChI is InChI=1S/C20H25NO5S/c1-5-27(23,24)26-19-10-6-16(7-11-19)14-21(15(2)3)20(22)17-8-12-18(25-4)13-9-17/h6-13,15H,5,14H2,1-4H3. The van der Waals surface area contributed by atoms with Gasteiger partial charge in [0.15, 0.2) is 0 Å². The molecule has 1 amide bonds. The smallest absolute Gasteiger partial charge is 0.308 e. The zero-order chi connectivity index (χ0) is 20.0. The minimum absolute atomic E-state index is 0.00371. The normalized spacial score (nSPS) is 11.3. The molecular formula is C20H25NO5S. The highest BCUT2D eigenvalue weighted by molar-refractivity contribution is 7.87. The van der Waals surface area contributed by atoms with E-state index >= 15 is 0 Å². The molecule has 0 saturated heterocycles. The van der Waals surface area contributed by atoms with Crippen LogP contribution in [0.3, 0.4) is 0 Å². The molecule has 0 unspecified atom stereocenters. The van der Waals surface area contributed by atoms with Crippen LogP contribution < -0.4 is 8.92 Å². The van der Waals surface area contributed by atoms with Gasteiger partial charge in [-0.2, -0.15) is 8.42 Å². The lowest BCUT2D eigenvalue weighted by atomic mass is 10.1. The summed E-state index contributed by atoms with van der Waals surface area (Å²) in [4.78, 5) is 14.6. The molecule has 0 aliphatic heterocycles. The molecule has 0 saturated carbocycles. The van der Waals surface area contributed by atoms with Gasteiger partial charge in [-0.3, -0.25) is 4.79 Å². The quantitative estimate of drug-likeness (QED) is 0.644. The molecule has 0 heterocycles. The van der Waals surface area contributed by atoms with E-state index in [0.29, 0.717) is 17.9 Å². The van der Waals surface area contributed by atoms with Crippen molar-refractivity contribution in [1.29, 1.82) is 0 Å². The van der Waals surface area contributed by atoms with Crippen LogP contribution in [0.1, 0.15) is 36.7 Å². The van der Waals surface area contributed by atoms with Crippen molar-refractivity contribution >= 4 is 16.0 Å². The summed E-state index contributed by atoms with van der Waals surface area (Å²) >= 11 is 0. The van der Waals surface area contributed by atoms with Gasteiger partial charge in [-0.25, -0.2) is 0 Å². The summed E-state index contributed by atoms with van der Waals surface area (Å²) in [6.07, 6.45) is 0. The van der Waals surface area contributed by atoms with Gasteiger partial charge < -0.3 is 13.8 Å². The Balaban J connectivity index is 2.14. The Hall–Kier alpha value is -2.54. The maximum atomic E-state index is 12.9. The summed E-state index contributed by atoms with van der Waals surface area (Å²) in [5.74, 6) is 0.784. The van der Waals surface area contributed by atoms with Crippen molar-refractivity contribution in [2.75, 3.05) is 12.9 Å². The van der Waals surface area contributed by atoms with E-state index in [1.54, 1.807) is 60.5 Å². The summed E-state index contributed by atoms with van der Waals surface area (Å²) in [5, 5.41) is 0. The first-order valence-corrected chi connectivity index (χ1v) is 10.3. The number of methoxy groups -OCH3 is 1. The first-order chi connectivity index (χ1) is 12.8. The molecule has 6 nitrogen and oxygen atoms in total. The van der Waals surface area contributed by atoms with E-state index in [-0.39, 0.29) is 23.5 Å². The van der Waals surface area contributed by atoms with E-state index in [2.05, 4.69) is 0 Å². The van der Waals surface area contributed by atoms with Crippen LogP contribution in [0.2, 0.25) is 0 Å². The van der Waals surface area contributed by atoms with Gasteiger partial charge in [0.05, 0.1) is 12.9 Å². The molecule has 0 aliphatic carbocycles. The molecule has 0 bridgehead atoms. The van der Waals surface area contributed by atoms with Gasteiger partial charge in [-0.15, -0.1) is 0 Å². The second-order valence-corrected chi connectivity index (χ2v) is 8.19. The highest BCUT2D eigenvalue weighted by atomic mass is 32.2. The van der Waals surface area contributed by atoms with Gasteiger partial charge in [0.1, 0.15) is 11.5 Å². The predicted molar refractivity (Wildman–Crippen MR) is 105 cm³/mol. The second-order valence-electron chi connectivity index (χ2n) is 6.33. The number of carbonyl (C=O) groups is 1. The number of hydrogen-bond donors (Lipinski definition) is 0. The molecule has 2 aromatic rings. The molecule has 2 aromatic carbocycles. The number of rotatable bonds is 8. The number of hydrogen-bond acceptors (Lipinski definition) is 5. The van der Waals surface area contributed by atoms with E-state index in [9.17, 15) is 13.2 Å². The van der Waals surface area contributed by atoms with Crippen molar-refractivity contribution in [3.63, 3.8) is 0 Å². The van der Waals surface area contributed by atoms with Crippen molar-refractivity contribution in [3.8, 4) is 11.5 Å². The Morgan fingerprint density at radius 3 is 2.04 bits per heavy atom. The fourth-order valence-electron chi connectivity index (χ4n) is 2.44. The minimum atomic E-state index is -3.55. The fourth-order valence-corrected chi connectivity index (χ4v) is 2.96. The van der Waals surface area contributed by atoms with Crippen LogP contribution in [-0.2, 0) is 16.7 Å². The zero-order valence-corrected chi connectivity index (χ0v) is 16.8. The zero-order valence-electron chi connectivity index (χ0n) is 16.0. The number of amides is 1. The second kappa shape index (κ2) is 8.90. The van der Waals surface area contributed by atoms with Crippen molar-refractivity contribution in [2.45, 2.75) is 33.4 Å². The van der Waals surface area contributed by atoms with Crippen LogP contribution in [0.4, 0.5) is 0 Å². The van der Waals surface area contributed by atoms with Crippen molar-refractivity contribution in [1.82, 2.24) is 4.90 Å². The number of benzene rings is 2. The third-order valence-electron chi connectivity index (χ3n) is 4.07. The summed E-state index contributed by atoms with van der Waals surface area (Å²) in [6, 6.07) is 13.7. The topological polar surface area (TPSA) is 72.9 Å². The number of carbonyl (C=O) groups excluding carboxylic acids is 1. The highest BCUT2D eigenvalue weighted by Gasteiger charge is 2.19. The van der Waals surface area contributed by atoms with Crippen LogP contribution in [0.25, 0.3) is 0 Å². The lowest BCUT2D eigenvalue weighted by Gasteiger charge is -2.27.